The van der Waals surface area contributed by atoms with E-state index in [1.165, 1.54) is 0 Å². The Bertz CT molecular complexity index is 767. The molecule has 1 fully saturated rings. The number of amides is 1. The molecule has 1 N–H and O–H groups in total. The molecular weight excluding hydrogens is 304 g/mol. The number of likely N-dealkylation sites (tertiary alicyclic amines) is 1. The number of carboxylic acids is 1. The fourth-order valence-corrected chi connectivity index (χ4v) is 2.77. The molecule has 0 aliphatic carbocycles. The quantitative estimate of drug-likeness (QED) is 0.879. The highest BCUT2D eigenvalue weighted by Crippen LogP contribution is 2.21. The number of hydrogen-bond acceptors (Lipinski definition) is 3. The molecule has 1 amide bonds. The third-order valence-electron chi connectivity index (χ3n) is 4.02. The number of rotatable bonds is 4. The highest BCUT2D eigenvalue weighted by atomic mass is 16.4. The summed E-state index contributed by atoms with van der Waals surface area (Å²) in [6.45, 7) is 1.19. The van der Waals surface area contributed by atoms with Crippen LogP contribution in [0.1, 0.15) is 34.5 Å². The fourth-order valence-electron chi connectivity index (χ4n) is 2.77. The predicted molar refractivity (Wildman–Crippen MR) is 90.3 cm³/mol. The van der Waals surface area contributed by atoms with Crippen LogP contribution in [0.2, 0.25) is 0 Å². The molecule has 0 spiro atoms. The summed E-state index contributed by atoms with van der Waals surface area (Å²) in [6, 6.07) is 12.3. The Morgan fingerprint density at radius 1 is 1.21 bits per heavy atom. The highest BCUT2D eigenvalue weighted by molar-refractivity contribution is 5.98. The van der Waals surface area contributed by atoms with E-state index in [4.69, 9.17) is 5.11 Å². The number of benzene rings is 1. The zero-order valence-corrected chi connectivity index (χ0v) is 13.2. The van der Waals surface area contributed by atoms with Gasteiger partial charge >= 0.3 is 5.97 Å². The third kappa shape index (κ3) is 3.68. The van der Waals surface area contributed by atoms with E-state index in [0.717, 1.165) is 29.7 Å². The van der Waals surface area contributed by atoms with Crippen LogP contribution in [-0.2, 0) is 11.3 Å². The van der Waals surface area contributed by atoms with E-state index in [-0.39, 0.29) is 11.5 Å². The maximum Gasteiger partial charge on any atom is 0.335 e. The van der Waals surface area contributed by atoms with Gasteiger partial charge in [-0.3, -0.25) is 9.78 Å². The lowest BCUT2D eigenvalue weighted by molar-refractivity contribution is -0.129. The molecule has 0 radical (unpaired) electrons. The molecular formula is C19H18N2O3. The van der Waals surface area contributed by atoms with Crippen LogP contribution >= 0.6 is 0 Å². The van der Waals surface area contributed by atoms with Crippen LogP contribution in [-0.4, -0.2) is 33.4 Å². The van der Waals surface area contributed by atoms with Crippen LogP contribution in [0.25, 0.3) is 6.08 Å². The van der Waals surface area contributed by atoms with Gasteiger partial charge in [-0.2, -0.15) is 0 Å². The van der Waals surface area contributed by atoms with Gasteiger partial charge in [0, 0.05) is 24.9 Å². The second kappa shape index (κ2) is 7.08. The van der Waals surface area contributed by atoms with Crippen molar-refractivity contribution in [3.05, 3.63) is 71.1 Å². The minimum absolute atomic E-state index is 0.0224. The molecule has 5 heteroatoms. The van der Waals surface area contributed by atoms with Crippen molar-refractivity contribution in [3.63, 3.8) is 0 Å². The normalized spacial score (nSPS) is 16.4. The molecule has 1 aliphatic heterocycles. The predicted octanol–water partition coefficient (Wildman–Crippen LogP) is 2.99. The Balaban J connectivity index is 1.73. The minimum atomic E-state index is -0.948. The second-order valence-electron chi connectivity index (χ2n) is 5.76. The van der Waals surface area contributed by atoms with Crippen LogP contribution in [0.5, 0.6) is 0 Å². The zero-order valence-electron chi connectivity index (χ0n) is 13.2. The molecule has 2 aromatic rings. The first-order valence-electron chi connectivity index (χ1n) is 7.86. The molecule has 1 aromatic heterocycles. The second-order valence-corrected chi connectivity index (χ2v) is 5.76. The van der Waals surface area contributed by atoms with Gasteiger partial charge in [-0.1, -0.05) is 18.2 Å². The number of pyridine rings is 1. The van der Waals surface area contributed by atoms with Crippen LogP contribution in [0.4, 0.5) is 0 Å². The van der Waals surface area contributed by atoms with Gasteiger partial charge in [-0.05, 0) is 48.7 Å². The lowest BCUT2D eigenvalue weighted by Gasteiger charge is -2.28. The number of hydrogen-bond donors (Lipinski definition) is 1. The van der Waals surface area contributed by atoms with Gasteiger partial charge in [-0.25, -0.2) is 4.79 Å². The Labute approximate surface area is 140 Å². The molecule has 2 heterocycles. The number of nitrogens with zero attached hydrogens (tertiary/aromatic N) is 2. The van der Waals surface area contributed by atoms with E-state index in [1.54, 1.807) is 35.4 Å². The number of aromatic carboxylic acids is 1. The van der Waals surface area contributed by atoms with Crippen LogP contribution in [0.15, 0.2) is 54.2 Å². The average Bonchev–Trinajstić information content (AvgIpc) is 2.60. The first kappa shape index (κ1) is 15.9. The third-order valence-corrected chi connectivity index (χ3v) is 4.02. The molecule has 122 valence electrons. The summed E-state index contributed by atoms with van der Waals surface area (Å²) in [5.41, 5.74) is 2.72. The highest BCUT2D eigenvalue weighted by Gasteiger charge is 2.23. The molecule has 1 aliphatic rings. The molecule has 5 nitrogen and oxygen atoms in total. The van der Waals surface area contributed by atoms with Crippen molar-refractivity contribution in [2.24, 2.45) is 0 Å². The maximum absolute atomic E-state index is 12.6. The summed E-state index contributed by atoms with van der Waals surface area (Å²) >= 11 is 0. The summed E-state index contributed by atoms with van der Waals surface area (Å²) in [7, 11) is 0. The van der Waals surface area contributed by atoms with Crippen LogP contribution in [0.3, 0.4) is 0 Å². The number of carbonyl (C=O) groups excluding carboxylic acids is 1. The summed E-state index contributed by atoms with van der Waals surface area (Å²) in [4.78, 5) is 29.6. The average molecular weight is 322 g/mol. The van der Waals surface area contributed by atoms with Crippen molar-refractivity contribution < 1.29 is 14.7 Å². The van der Waals surface area contributed by atoms with Crippen molar-refractivity contribution >= 4 is 18.0 Å². The Kier molecular flexibility index (Phi) is 4.70. The largest absolute Gasteiger partial charge is 0.478 e. The lowest BCUT2D eigenvalue weighted by Crippen LogP contribution is -2.36. The summed E-state index contributed by atoms with van der Waals surface area (Å²) in [5.74, 6) is -0.926. The summed E-state index contributed by atoms with van der Waals surface area (Å²) < 4.78 is 0. The number of carbonyl (C=O) groups is 2. The monoisotopic (exact) mass is 322 g/mol. The van der Waals surface area contributed by atoms with E-state index in [9.17, 15) is 9.59 Å². The first-order chi connectivity index (χ1) is 11.6. The number of aromatic nitrogens is 1. The van der Waals surface area contributed by atoms with Crippen molar-refractivity contribution in [1.82, 2.24) is 9.88 Å². The van der Waals surface area contributed by atoms with Crippen LogP contribution < -0.4 is 0 Å². The molecule has 0 bridgehead atoms. The van der Waals surface area contributed by atoms with E-state index in [2.05, 4.69) is 4.98 Å². The molecule has 24 heavy (non-hydrogen) atoms. The van der Waals surface area contributed by atoms with Crippen LogP contribution in [0, 0.1) is 0 Å². The zero-order chi connectivity index (χ0) is 16.9. The summed E-state index contributed by atoms with van der Waals surface area (Å²) in [5, 5.41) is 8.94. The van der Waals surface area contributed by atoms with Crippen molar-refractivity contribution in [2.45, 2.75) is 19.4 Å². The topological polar surface area (TPSA) is 70.5 Å². The van der Waals surface area contributed by atoms with Gasteiger partial charge in [0.05, 0.1) is 11.3 Å². The van der Waals surface area contributed by atoms with Crippen molar-refractivity contribution in [3.8, 4) is 0 Å². The summed E-state index contributed by atoms with van der Waals surface area (Å²) in [6.07, 6.45) is 5.23. The Hall–Kier alpha value is -2.95. The van der Waals surface area contributed by atoms with Gasteiger partial charge in [0.25, 0.3) is 0 Å². The first-order valence-corrected chi connectivity index (χ1v) is 7.86. The van der Waals surface area contributed by atoms with E-state index in [1.807, 2.05) is 24.3 Å². The van der Waals surface area contributed by atoms with Crippen molar-refractivity contribution in [2.75, 3.05) is 6.54 Å². The number of piperidine rings is 1. The number of carboxylic acid groups (broad SMARTS) is 1. The van der Waals surface area contributed by atoms with Gasteiger partial charge < -0.3 is 10.0 Å². The maximum atomic E-state index is 12.6. The Morgan fingerprint density at radius 2 is 2.00 bits per heavy atom. The lowest BCUT2D eigenvalue weighted by atomic mass is 10.0. The molecule has 0 unspecified atom stereocenters. The Morgan fingerprint density at radius 3 is 2.67 bits per heavy atom. The minimum Gasteiger partial charge on any atom is -0.478 e. The molecule has 3 rings (SSSR count). The van der Waals surface area contributed by atoms with Gasteiger partial charge in [-0.15, -0.1) is 0 Å². The van der Waals surface area contributed by atoms with Crippen molar-refractivity contribution in [1.29, 1.82) is 0 Å². The van der Waals surface area contributed by atoms with E-state index < -0.39 is 5.97 Å². The molecule has 0 saturated carbocycles. The molecule has 0 atom stereocenters. The standard InChI is InChI=1S/C19H18N2O3/c22-18-16(12-17-5-1-2-10-20-17)4-3-11-21(18)13-14-6-8-15(9-7-14)19(23)24/h1-2,5-10,12H,3-4,11,13H2,(H,23,24)/b16-12+. The van der Waals surface area contributed by atoms with Gasteiger partial charge in [0.1, 0.15) is 0 Å². The van der Waals surface area contributed by atoms with Gasteiger partial charge in [0.2, 0.25) is 5.91 Å². The smallest absolute Gasteiger partial charge is 0.335 e. The van der Waals surface area contributed by atoms with Gasteiger partial charge in [0.15, 0.2) is 0 Å². The fraction of sp³-hybridized carbons (Fsp3) is 0.211. The SMILES string of the molecule is O=C(O)c1ccc(CN2CCC/C(=C\c3ccccn3)C2=O)cc1. The van der Waals surface area contributed by atoms with E-state index >= 15 is 0 Å². The van der Waals surface area contributed by atoms with E-state index in [0.29, 0.717) is 13.1 Å². The molecule has 1 aromatic carbocycles. The molecule has 1 saturated heterocycles.